The number of hydrogen-bond donors (Lipinski definition) is 1. The number of halogens is 5. The smallest absolute Gasteiger partial charge is 0.418 e. The standard InChI is InChI=1S/C21H21Cl2F3N2O4S/c1-2-32-19-6-4-15(12-17(19)23)33(30,31)28-9-7-13(8-10-28)20(29)27-18-5-3-14(22)11-16(18)21(24,25)26/h3-6,11-13H,2,7-10H2,1H3,(H,27,29). The van der Waals surface area contributed by atoms with E-state index in [1.54, 1.807) is 6.92 Å². The predicted molar refractivity (Wildman–Crippen MR) is 119 cm³/mol. The first-order chi connectivity index (χ1) is 15.4. The molecule has 0 unspecified atom stereocenters. The van der Waals surface area contributed by atoms with Crippen LogP contribution in [-0.2, 0) is 21.0 Å². The van der Waals surface area contributed by atoms with Crippen molar-refractivity contribution in [3.05, 3.63) is 52.0 Å². The SMILES string of the molecule is CCOc1ccc(S(=O)(=O)N2CCC(C(=O)Nc3ccc(Cl)cc3C(F)(F)F)CC2)cc1Cl. The third-order valence-electron chi connectivity index (χ3n) is 5.21. The number of rotatable bonds is 6. The molecule has 1 heterocycles. The Morgan fingerprint density at radius 2 is 1.82 bits per heavy atom. The molecular formula is C21H21Cl2F3N2O4S. The Morgan fingerprint density at radius 3 is 2.39 bits per heavy atom. The minimum absolute atomic E-state index is 0.00478. The van der Waals surface area contributed by atoms with Gasteiger partial charge < -0.3 is 10.1 Å². The number of nitrogens with one attached hydrogen (secondary N) is 1. The molecule has 0 aliphatic carbocycles. The van der Waals surface area contributed by atoms with Crippen molar-refractivity contribution in [1.82, 2.24) is 4.31 Å². The minimum Gasteiger partial charge on any atom is -0.492 e. The van der Waals surface area contributed by atoms with Gasteiger partial charge in [0, 0.05) is 24.0 Å². The largest absolute Gasteiger partial charge is 0.492 e. The van der Waals surface area contributed by atoms with Crippen molar-refractivity contribution in [2.75, 3.05) is 25.0 Å². The molecule has 0 aromatic heterocycles. The van der Waals surface area contributed by atoms with Gasteiger partial charge in [0.2, 0.25) is 15.9 Å². The van der Waals surface area contributed by atoms with Crippen molar-refractivity contribution in [1.29, 1.82) is 0 Å². The number of sulfonamides is 1. The van der Waals surface area contributed by atoms with E-state index in [9.17, 15) is 26.4 Å². The molecule has 1 fully saturated rings. The second-order valence-electron chi connectivity index (χ2n) is 7.38. The van der Waals surface area contributed by atoms with Gasteiger partial charge in [-0.2, -0.15) is 17.5 Å². The number of nitrogens with zero attached hydrogens (tertiary/aromatic N) is 1. The van der Waals surface area contributed by atoms with Crippen LogP contribution in [0, 0.1) is 5.92 Å². The van der Waals surface area contributed by atoms with Gasteiger partial charge >= 0.3 is 6.18 Å². The minimum atomic E-state index is -4.69. The van der Waals surface area contributed by atoms with E-state index in [1.165, 1.54) is 28.6 Å². The van der Waals surface area contributed by atoms with E-state index in [4.69, 9.17) is 27.9 Å². The summed E-state index contributed by atoms with van der Waals surface area (Å²) < 4.78 is 72.2. The lowest BCUT2D eigenvalue weighted by Crippen LogP contribution is -2.41. The Bertz CT molecular complexity index is 1130. The quantitative estimate of drug-likeness (QED) is 0.545. The maximum atomic E-state index is 13.3. The molecule has 0 bridgehead atoms. The van der Waals surface area contributed by atoms with Crippen LogP contribution in [0.25, 0.3) is 0 Å². The molecule has 12 heteroatoms. The molecular weight excluding hydrogens is 504 g/mol. The van der Waals surface area contributed by atoms with Crippen LogP contribution >= 0.6 is 23.2 Å². The van der Waals surface area contributed by atoms with E-state index in [0.29, 0.717) is 12.4 Å². The predicted octanol–water partition coefficient (Wildman–Crippen LogP) is 5.45. The van der Waals surface area contributed by atoms with E-state index >= 15 is 0 Å². The van der Waals surface area contributed by atoms with E-state index < -0.39 is 39.3 Å². The normalized spacial score (nSPS) is 15.9. The number of hydrogen-bond acceptors (Lipinski definition) is 4. The third-order valence-corrected chi connectivity index (χ3v) is 7.64. The Balaban J connectivity index is 1.67. The Morgan fingerprint density at radius 1 is 1.15 bits per heavy atom. The second-order valence-corrected chi connectivity index (χ2v) is 10.2. The number of piperidine rings is 1. The molecule has 2 aromatic rings. The fraction of sp³-hybridized carbons (Fsp3) is 0.381. The van der Waals surface area contributed by atoms with Crippen molar-refractivity contribution < 1.29 is 31.1 Å². The lowest BCUT2D eigenvalue weighted by atomic mass is 9.97. The second kappa shape index (κ2) is 10.1. The summed E-state index contributed by atoms with van der Waals surface area (Å²) in [6.45, 7) is 2.23. The summed E-state index contributed by atoms with van der Waals surface area (Å²) in [5, 5.41) is 2.37. The van der Waals surface area contributed by atoms with Crippen LogP contribution in [0.4, 0.5) is 18.9 Å². The van der Waals surface area contributed by atoms with E-state index in [1.807, 2.05) is 0 Å². The monoisotopic (exact) mass is 524 g/mol. The first-order valence-electron chi connectivity index (χ1n) is 10.0. The maximum Gasteiger partial charge on any atom is 0.418 e. The average Bonchev–Trinajstić information content (AvgIpc) is 2.75. The van der Waals surface area contributed by atoms with Gasteiger partial charge in [0.25, 0.3) is 0 Å². The van der Waals surface area contributed by atoms with Gasteiger partial charge in [-0.15, -0.1) is 0 Å². The van der Waals surface area contributed by atoms with Crippen LogP contribution in [-0.4, -0.2) is 38.3 Å². The molecule has 2 aromatic carbocycles. The van der Waals surface area contributed by atoms with Gasteiger partial charge in [-0.3, -0.25) is 4.79 Å². The topological polar surface area (TPSA) is 75.7 Å². The number of anilines is 1. The Kier molecular flexibility index (Phi) is 7.83. The zero-order valence-corrected chi connectivity index (χ0v) is 19.8. The Hall–Kier alpha value is -2.01. The van der Waals surface area contributed by atoms with Crippen molar-refractivity contribution >= 4 is 44.8 Å². The van der Waals surface area contributed by atoms with Crippen LogP contribution in [0.1, 0.15) is 25.3 Å². The summed E-state index contributed by atoms with van der Waals surface area (Å²) in [6, 6.07) is 7.27. The number of carbonyl (C=O) groups is 1. The molecule has 1 amide bonds. The summed E-state index contributed by atoms with van der Waals surface area (Å²) in [5.74, 6) is -0.880. The molecule has 0 radical (unpaired) electrons. The maximum absolute atomic E-state index is 13.3. The summed E-state index contributed by atoms with van der Waals surface area (Å²) in [4.78, 5) is 12.6. The summed E-state index contributed by atoms with van der Waals surface area (Å²) in [5.41, 5.74) is -1.44. The summed E-state index contributed by atoms with van der Waals surface area (Å²) >= 11 is 11.8. The number of alkyl halides is 3. The van der Waals surface area contributed by atoms with E-state index in [-0.39, 0.29) is 40.9 Å². The number of benzene rings is 2. The lowest BCUT2D eigenvalue weighted by molar-refractivity contribution is -0.137. The van der Waals surface area contributed by atoms with Crippen LogP contribution in [0.2, 0.25) is 10.0 Å². The zero-order valence-electron chi connectivity index (χ0n) is 17.5. The molecule has 6 nitrogen and oxygen atoms in total. The van der Waals surface area contributed by atoms with Crippen LogP contribution < -0.4 is 10.1 Å². The first kappa shape index (κ1) is 25.6. The van der Waals surface area contributed by atoms with Crippen molar-refractivity contribution in [3.8, 4) is 5.75 Å². The van der Waals surface area contributed by atoms with Crippen molar-refractivity contribution in [2.45, 2.75) is 30.8 Å². The van der Waals surface area contributed by atoms with Crippen molar-refractivity contribution in [2.24, 2.45) is 5.92 Å². The molecule has 1 saturated heterocycles. The van der Waals surface area contributed by atoms with Crippen LogP contribution in [0.3, 0.4) is 0 Å². The highest BCUT2D eigenvalue weighted by atomic mass is 35.5. The molecule has 0 spiro atoms. The number of amides is 1. The van der Waals surface area contributed by atoms with Gasteiger partial charge in [-0.25, -0.2) is 8.42 Å². The molecule has 1 aliphatic heterocycles. The summed E-state index contributed by atoms with van der Waals surface area (Å²) in [6.07, 6.45) is -4.38. The highest BCUT2D eigenvalue weighted by molar-refractivity contribution is 7.89. The fourth-order valence-corrected chi connectivity index (χ4v) is 5.49. The van der Waals surface area contributed by atoms with Gasteiger partial charge in [0.05, 0.1) is 27.8 Å². The highest BCUT2D eigenvalue weighted by Gasteiger charge is 2.36. The van der Waals surface area contributed by atoms with Crippen LogP contribution in [0.5, 0.6) is 5.75 Å². The Labute approximate surface area is 199 Å². The molecule has 180 valence electrons. The summed E-state index contributed by atoms with van der Waals surface area (Å²) in [7, 11) is -3.86. The van der Waals surface area contributed by atoms with E-state index in [2.05, 4.69) is 5.32 Å². The first-order valence-corrected chi connectivity index (χ1v) is 12.2. The van der Waals surface area contributed by atoms with Crippen LogP contribution in [0.15, 0.2) is 41.3 Å². The highest BCUT2D eigenvalue weighted by Crippen LogP contribution is 2.37. The van der Waals surface area contributed by atoms with E-state index in [0.717, 1.165) is 12.1 Å². The number of ether oxygens (including phenoxy) is 1. The van der Waals surface area contributed by atoms with Gasteiger partial charge in [0.1, 0.15) is 5.75 Å². The number of carbonyl (C=O) groups excluding carboxylic acids is 1. The molecule has 0 atom stereocenters. The van der Waals surface area contributed by atoms with Gasteiger partial charge in [-0.1, -0.05) is 23.2 Å². The third kappa shape index (κ3) is 5.92. The van der Waals surface area contributed by atoms with Gasteiger partial charge in [0.15, 0.2) is 0 Å². The fourth-order valence-electron chi connectivity index (χ4n) is 3.52. The molecule has 0 saturated carbocycles. The molecule has 3 rings (SSSR count). The van der Waals surface area contributed by atoms with Crippen molar-refractivity contribution in [3.63, 3.8) is 0 Å². The zero-order chi connectivity index (χ0) is 24.4. The molecule has 1 N–H and O–H groups in total. The van der Waals surface area contributed by atoms with Gasteiger partial charge in [-0.05, 0) is 56.2 Å². The lowest BCUT2D eigenvalue weighted by Gasteiger charge is -2.30. The average molecular weight is 525 g/mol. The molecule has 1 aliphatic rings. The molecule has 33 heavy (non-hydrogen) atoms.